The van der Waals surface area contributed by atoms with E-state index >= 15 is 0 Å². The van der Waals surface area contributed by atoms with Gasteiger partial charge in [0.1, 0.15) is 11.7 Å². The molecule has 0 spiro atoms. The van der Waals surface area contributed by atoms with Crippen molar-refractivity contribution in [3.05, 3.63) is 87.1 Å². The van der Waals surface area contributed by atoms with Crippen LogP contribution in [0.2, 0.25) is 5.02 Å². The van der Waals surface area contributed by atoms with Crippen LogP contribution in [-0.2, 0) is 19.4 Å². The van der Waals surface area contributed by atoms with Crippen LogP contribution in [0.4, 0.5) is 10.1 Å². The van der Waals surface area contributed by atoms with Gasteiger partial charge in [0.15, 0.2) is 0 Å². The number of aryl methyl sites for hydroxylation is 1. The molecule has 4 nitrogen and oxygen atoms in total. The summed E-state index contributed by atoms with van der Waals surface area (Å²) in [4.78, 5) is 10.8. The second-order valence-corrected chi connectivity index (χ2v) is 8.40. The molecule has 2 N–H and O–H groups in total. The van der Waals surface area contributed by atoms with E-state index in [1.165, 1.54) is 10.9 Å². The highest BCUT2D eigenvalue weighted by Gasteiger charge is 2.10. The normalized spacial score (nSPS) is 11.5. The first kappa shape index (κ1) is 23.1. The quantitative estimate of drug-likeness (QED) is 0.230. The predicted octanol–water partition coefficient (Wildman–Crippen LogP) is 5.79. The Bertz CT molecular complexity index is 1030. The standard InChI is InChI=1S/C24H26ClFN4S/c1-3-18-10-13-29-22(16-28-12-11-19-5-4-14-31-19)24(18)30-23(27-2)9-7-17-6-8-21(26)20(25)15-17/h3-6,8,10,13-15,28H,1,7,9,11-12,16H2,2H3,(H,27,30). The lowest BCUT2D eigenvalue weighted by Crippen LogP contribution is -2.20. The third-order valence-corrected chi connectivity index (χ3v) is 6.07. The number of pyridine rings is 1. The summed E-state index contributed by atoms with van der Waals surface area (Å²) < 4.78 is 13.4. The minimum absolute atomic E-state index is 0.137. The molecule has 0 saturated carbocycles. The van der Waals surface area contributed by atoms with Crippen LogP contribution in [0.5, 0.6) is 0 Å². The van der Waals surface area contributed by atoms with Gasteiger partial charge in [0.25, 0.3) is 0 Å². The Labute approximate surface area is 191 Å². The molecule has 7 heteroatoms. The number of halogens is 2. The third-order valence-electron chi connectivity index (χ3n) is 4.84. The molecule has 0 aliphatic carbocycles. The third kappa shape index (κ3) is 6.72. The number of nitrogens with one attached hydrogen (secondary N) is 2. The summed E-state index contributed by atoms with van der Waals surface area (Å²) in [6.45, 7) is 5.41. The fourth-order valence-corrected chi connectivity index (χ4v) is 4.05. The van der Waals surface area contributed by atoms with Crippen LogP contribution in [0.3, 0.4) is 0 Å². The van der Waals surface area contributed by atoms with E-state index in [2.05, 4.69) is 39.7 Å². The fourth-order valence-electron chi connectivity index (χ4n) is 3.14. The average Bonchev–Trinajstić information content (AvgIpc) is 3.30. The van der Waals surface area contributed by atoms with E-state index in [9.17, 15) is 4.39 Å². The van der Waals surface area contributed by atoms with E-state index in [1.807, 2.05) is 13.1 Å². The maximum absolute atomic E-state index is 13.4. The summed E-state index contributed by atoms with van der Waals surface area (Å²) in [5.41, 5.74) is 3.58. The zero-order chi connectivity index (χ0) is 22.1. The zero-order valence-corrected chi connectivity index (χ0v) is 19.1. The lowest BCUT2D eigenvalue weighted by molar-refractivity contribution is 0.627. The summed E-state index contributed by atoms with van der Waals surface area (Å²) in [5.74, 6) is 0.409. The maximum Gasteiger partial charge on any atom is 0.141 e. The van der Waals surface area contributed by atoms with Crippen molar-refractivity contribution in [1.29, 1.82) is 0 Å². The fraction of sp³-hybridized carbons (Fsp3) is 0.250. The molecule has 0 aliphatic heterocycles. The number of hydrogen-bond acceptors (Lipinski definition) is 4. The first-order chi connectivity index (χ1) is 15.1. The van der Waals surface area contributed by atoms with Crippen molar-refractivity contribution < 1.29 is 4.39 Å². The summed E-state index contributed by atoms with van der Waals surface area (Å²) in [7, 11) is 1.85. The predicted molar refractivity (Wildman–Crippen MR) is 130 cm³/mol. The highest BCUT2D eigenvalue weighted by atomic mass is 35.5. The van der Waals surface area contributed by atoms with Gasteiger partial charge in [-0.05, 0) is 48.1 Å². The molecule has 0 bridgehead atoms. The molecule has 0 saturated heterocycles. The second kappa shape index (κ2) is 11.7. The molecule has 2 heterocycles. The average molecular weight is 457 g/mol. The van der Waals surface area contributed by atoms with Gasteiger partial charge in [-0.15, -0.1) is 11.3 Å². The van der Waals surface area contributed by atoms with E-state index in [4.69, 9.17) is 16.6 Å². The van der Waals surface area contributed by atoms with E-state index in [1.54, 1.807) is 35.7 Å². The number of benzene rings is 1. The van der Waals surface area contributed by atoms with Crippen molar-refractivity contribution in [2.45, 2.75) is 25.8 Å². The highest BCUT2D eigenvalue weighted by molar-refractivity contribution is 7.09. The molecule has 0 amide bonds. The minimum Gasteiger partial charge on any atom is -0.377 e. The first-order valence-electron chi connectivity index (χ1n) is 10.1. The minimum atomic E-state index is -0.407. The lowest BCUT2D eigenvalue weighted by atomic mass is 10.1. The topological polar surface area (TPSA) is 49.3 Å². The van der Waals surface area contributed by atoms with Crippen molar-refractivity contribution in [3.63, 3.8) is 0 Å². The molecule has 0 fully saturated rings. The molecule has 0 radical (unpaired) electrons. The second-order valence-electron chi connectivity index (χ2n) is 6.96. The molecule has 3 rings (SSSR count). The van der Waals surface area contributed by atoms with Gasteiger partial charge in [-0.2, -0.15) is 0 Å². The Morgan fingerprint density at radius 3 is 2.87 bits per heavy atom. The molecule has 162 valence electrons. The summed E-state index contributed by atoms with van der Waals surface area (Å²) in [6.07, 6.45) is 5.92. The molecule has 31 heavy (non-hydrogen) atoms. The van der Waals surface area contributed by atoms with Crippen molar-refractivity contribution in [2.75, 3.05) is 13.6 Å². The number of thiophene rings is 1. The Kier molecular flexibility index (Phi) is 8.76. The summed E-state index contributed by atoms with van der Waals surface area (Å²) in [5, 5.41) is 8.87. The SMILES string of the molecule is C=Cc1ccnc(CNCCc2cccs2)c1/N=C(/CCc1ccc(F)c(Cl)c1)NC. The van der Waals surface area contributed by atoms with Crippen LogP contribution in [0.1, 0.15) is 28.1 Å². The largest absolute Gasteiger partial charge is 0.377 e. The number of amidine groups is 1. The van der Waals surface area contributed by atoms with Gasteiger partial charge in [0, 0.05) is 43.2 Å². The number of rotatable bonds is 10. The summed E-state index contributed by atoms with van der Waals surface area (Å²) in [6, 6.07) is 10.9. The molecule has 0 atom stereocenters. The first-order valence-corrected chi connectivity index (χ1v) is 11.4. The monoisotopic (exact) mass is 456 g/mol. The number of hydrogen-bond donors (Lipinski definition) is 2. The Morgan fingerprint density at radius 1 is 1.29 bits per heavy atom. The molecule has 0 aliphatic rings. The van der Waals surface area contributed by atoms with Gasteiger partial charge >= 0.3 is 0 Å². The highest BCUT2D eigenvalue weighted by Crippen LogP contribution is 2.25. The van der Waals surface area contributed by atoms with Crippen molar-refractivity contribution in [1.82, 2.24) is 15.6 Å². The van der Waals surface area contributed by atoms with Crippen molar-refractivity contribution >= 4 is 40.5 Å². The number of nitrogens with zero attached hydrogens (tertiary/aromatic N) is 2. The molecule has 1 aromatic carbocycles. The Balaban J connectivity index is 1.70. The van der Waals surface area contributed by atoms with Crippen LogP contribution in [-0.4, -0.2) is 24.4 Å². The molecular formula is C24H26ClFN4S. The van der Waals surface area contributed by atoms with Gasteiger partial charge in [-0.1, -0.05) is 36.4 Å². The number of aromatic nitrogens is 1. The Hall–Kier alpha value is -2.54. The van der Waals surface area contributed by atoms with Crippen LogP contribution < -0.4 is 10.6 Å². The van der Waals surface area contributed by atoms with E-state index in [-0.39, 0.29) is 5.02 Å². The van der Waals surface area contributed by atoms with Crippen LogP contribution >= 0.6 is 22.9 Å². The summed E-state index contributed by atoms with van der Waals surface area (Å²) >= 11 is 7.67. The van der Waals surface area contributed by atoms with Crippen LogP contribution in [0.15, 0.2) is 59.5 Å². The van der Waals surface area contributed by atoms with Gasteiger partial charge in [-0.25, -0.2) is 9.38 Å². The van der Waals surface area contributed by atoms with Gasteiger partial charge in [0.05, 0.1) is 16.4 Å². The Morgan fingerprint density at radius 2 is 2.16 bits per heavy atom. The smallest absolute Gasteiger partial charge is 0.141 e. The molecule has 3 aromatic rings. The van der Waals surface area contributed by atoms with E-state index < -0.39 is 5.82 Å². The number of aliphatic imine (C=N–C) groups is 1. The van der Waals surface area contributed by atoms with E-state index in [0.29, 0.717) is 19.4 Å². The molecular weight excluding hydrogens is 431 g/mol. The lowest BCUT2D eigenvalue weighted by Gasteiger charge is -2.12. The zero-order valence-electron chi connectivity index (χ0n) is 17.5. The van der Waals surface area contributed by atoms with Crippen molar-refractivity contribution in [3.8, 4) is 0 Å². The molecule has 0 unspecified atom stereocenters. The molecule has 2 aromatic heterocycles. The van der Waals surface area contributed by atoms with Crippen LogP contribution in [0.25, 0.3) is 6.08 Å². The van der Waals surface area contributed by atoms with Crippen molar-refractivity contribution in [2.24, 2.45) is 4.99 Å². The maximum atomic E-state index is 13.4. The van der Waals surface area contributed by atoms with Gasteiger partial charge < -0.3 is 10.6 Å². The van der Waals surface area contributed by atoms with Gasteiger partial charge in [0.2, 0.25) is 0 Å². The van der Waals surface area contributed by atoms with Gasteiger partial charge in [-0.3, -0.25) is 4.98 Å². The van der Waals surface area contributed by atoms with E-state index in [0.717, 1.165) is 41.3 Å². The van der Waals surface area contributed by atoms with Crippen LogP contribution in [0, 0.1) is 5.82 Å².